The lowest BCUT2D eigenvalue weighted by Crippen LogP contribution is -2.14. The van der Waals surface area contributed by atoms with Crippen LogP contribution in [0.2, 0.25) is 0 Å². The van der Waals surface area contributed by atoms with Gasteiger partial charge in [-0.15, -0.1) is 0 Å². The van der Waals surface area contributed by atoms with E-state index in [1.54, 1.807) is 12.1 Å². The van der Waals surface area contributed by atoms with Gasteiger partial charge >= 0.3 is 0 Å². The van der Waals surface area contributed by atoms with E-state index >= 15 is 0 Å². The molecule has 2 aromatic carbocycles. The van der Waals surface area contributed by atoms with Crippen molar-refractivity contribution in [3.05, 3.63) is 59.2 Å². The number of phenols is 1. The third-order valence-electron chi connectivity index (χ3n) is 4.38. The monoisotopic (exact) mass is 323 g/mol. The SMILES string of the molecule is O=C(CCC(=O)c1ccc2c(c1)CCCC2)Nc1cccc(O)c1. The number of amides is 1. The van der Waals surface area contributed by atoms with E-state index in [2.05, 4.69) is 11.4 Å². The molecule has 1 amide bonds. The van der Waals surface area contributed by atoms with Crippen molar-refractivity contribution in [1.29, 1.82) is 0 Å². The molecule has 1 aliphatic carbocycles. The Bertz CT molecular complexity index is 767. The second-order valence-corrected chi connectivity index (χ2v) is 6.21. The maximum Gasteiger partial charge on any atom is 0.224 e. The number of phenolic OH excluding ortho intramolecular Hbond substituents is 1. The second kappa shape index (κ2) is 7.30. The maximum absolute atomic E-state index is 12.3. The van der Waals surface area contributed by atoms with Crippen molar-refractivity contribution in [2.45, 2.75) is 38.5 Å². The standard InChI is InChI=1S/C20H21NO3/c22-18-7-3-6-17(13-18)21-20(24)11-10-19(23)16-9-8-14-4-1-2-5-15(14)12-16/h3,6-9,12-13,22H,1-2,4-5,10-11H2,(H,21,24). The van der Waals surface area contributed by atoms with Gasteiger partial charge in [0.1, 0.15) is 5.75 Å². The first-order valence-electron chi connectivity index (χ1n) is 8.36. The summed E-state index contributed by atoms with van der Waals surface area (Å²) in [5.41, 5.74) is 3.85. The van der Waals surface area contributed by atoms with E-state index in [4.69, 9.17) is 0 Å². The zero-order chi connectivity index (χ0) is 16.9. The van der Waals surface area contributed by atoms with Crippen LogP contribution < -0.4 is 5.32 Å². The molecule has 24 heavy (non-hydrogen) atoms. The van der Waals surface area contributed by atoms with Crippen LogP contribution in [0.15, 0.2) is 42.5 Å². The molecule has 0 unspecified atom stereocenters. The molecular weight excluding hydrogens is 302 g/mol. The number of fused-ring (bicyclic) bond motifs is 1. The first-order chi connectivity index (χ1) is 11.6. The van der Waals surface area contributed by atoms with Gasteiger partial charge in [-0.2, -0.15) is 0 Å². The molecule has 4 nitrogen and oxygen atoms in total. The number of carbonyl (C=O) groups is 2. The van der Waals surface area contributed by atoms with E-state index in [0.717, 1.165) is 12.8 Å². The van der Waals surface area contributed by atoms with Gasteiger partial charge in [-0.05, 0) is 55.0 Å². The Labute approximate surface area is 141 Å². The van der Waals surface area contributed by atoms with Crippen LogP contribution in [-0.2, 0) is 17.6 Å². The largest absolute Gasteiger partial charge is 0.508 e. The number of carbonyl (C=O) groups excluding carboxylic acids is 2. The van der Waals surface area contributed by atoms with Crippen LogP contribution in [0.5, 0.6) is 5.75 Å². The molecular formula is C20H21NO3. The minimum absolute atomic E-state index is 0.00516. The molecule has 0 aromatic heterocycles. The summed E-state index contributed by atoms with van der Waals surface area (Å²) in [5.74, 6) is -0.140. The minimum Gasteiger partial charge on any atom is -0.508 e. The van der Waals surface area contributed by atoms with Crippen LogP contribution in [0.3, 0.4) is 0 Å². The minimum atomic E-state index is -0.230. The Morgan fingerprint density at radius 1 is 0.958 bits per heavy atom. The van der Waals surface area contributed by atoms with E-state index in [-0.39, 0.29) is 30.3 Å². The van der Waals surface area contributed by atoms with Gasteiger partial charge in [0, 0.05) is 30.2 Å². The lowest BCUT2D eigenvalue weighted by Gasteiger charge is -2.16. The van der Waals surface area contributed by atoms with E-state index in [0.29, 0.717) is 11.3 Å². The Balaban J connectivity index is 1.56. The average molecular weight is 323 g/mol. The first kappa shape index (κ1) is 16.2. The normalized spacial score (nSPS) is 13.2. The summed E-state index contributed by atoms with van der Waals surface area (Å²) in [7, 11) is 0. The number of hydrogen-bond donors (Lipinski definition) is 2. The average Bonchev–Trinajstić information content (AvgIpc) is 2.59. The molecule has 2 aromatic rings. The quantitative estimate of drug-likeness (QED) is 0.821. The number of aromatic hydroxyl groups is 1. The van der Waals surface area contributed by atoms with E-state index < -0.39 is 0 Å². The van der Waals surface area contributed by atoms with Crippen LogP contribution in [0.1, 0.15) is 47.2 Å². The summed E-state index contributed by atoms with van der Waals surface area (Å²) in [4.78, 5) is 24.3. The Kier molecular flexibility index (Phi) is 4.94. The summed E-state index contributed by atoms with van der Waals surface area (Å²) in [5, 5.41) is 12.1. The van der Waals surface area contributed by atoms with Gasteiger partial charge in [0.05, 0.1) is 0 Å². The topological polar surface area (TPSA) is 66.4 Å². The Hall–Kier alpha value is -2.62. The number of Topliss-reactive ketones (excluding diaryl/α,β-unsaturated/α-hetero) is 1. The highest BCUT2D eigenvalue weighted by Crippen LogP contribution is 2.23. The second-order valence-electron chi connectivity index (χ2n) is 6.21. The number of ketones is 1. The van der Waals surface area contributed by atoms with Gasteiger partial charge in [-0.3, -0.25) is 9.59 Å². The number of aryl methyl sites for hydroxylation is 2. The summed E-state index contributed by atoms with van der Waals surface area (Å²) < 4.78 is 0. The smallest absolute Gasteiger partial charge is 0.224 e. The molecule has 0 atom stereocenters. The van der Waals surface area contributed by atoms with Gasteiger partial charge in [-0.1, -0.05) is 18.2 Å². The van der Waals surface area contributed by atoms with Crippen LogP contribution >= 0.6 is 0 Å². The molecule has 124 valence electrons. The Morgan fingerprint density at radius 2 is 1.75 bits per heavy atom. The fraction of sp³-hybridized carbons (Fsp3) is 0.300. The van der Waals surface area contributed by atoms with Gasteiger partial charge < -0.3 is 10.4 Å². The van der Waals surface area contributed by atoms with Crippen molar-refractivity contribution in [2.75, 3.05) is 5.32 Å². The van der Waals surface area contributed by atoms with Crippen LogP contribution in [0.25, 0.3) is 0 Å². The molecule has 0 radical (unpaired) electrons. The fourth-order valence-corrected chi connectivity index (χ4v) is 3.09. The van der Waals surface area contributed by atoms with Crippen molar-refractivity contribution in [1.82, 2.24) is 0 Å². The van der Waals surface area contributed by atoms with Crippen molar-refractivity contribution >= 4 is 17.4 Å². The van der Waals surface area contributed by atoms with Gasteiger partial charge in [-0.25, -0.2) is 0 Å². The highest BCUT2D eigenvalue weighted by Gasteiger charge is 2.14. The lowest BCUT2D eigenvalue weighted by atomic mass is 9.89. The number of rotatable bonds is 5. The molecule has 0 heterocycles. The van der Waals surface area contributed by atoms with E-state index in [1.165, 1.54) is 36.1 Å². The molecule has 0 saturated heterocycles. The molecule has 0 saturated carbocycles. The third kappa shape index (κ3) is 4.02. The van der Waals surface area contributed by atoms with E-state index in [1.807, 2.05) is 12.1 Å². The zero-order valence-electron chi connectivity index (χ0n) is 13.5. The van der Waals surface area contributed by atoms with Crippen molar-refractivity contribution in [3.8, 4) is 5.75 Å². The number of hydrogen-bond acceptors (Lipinski definition) is 3. The lowest BCUT2D eigenvalue weighted by molar-refractivity contribution is -0.116. The predicted octanol–water partition coefficient (Wildman–Crippen LogP) is 3.87. The summed E-state index contributed by atoms with van der Waals surface area (Å²) >= 11 is 0. The summed E-state index contributed by atoms with van der Waals surface area (Å²) in [6.07, 6.45) is 4.84. The maximum atomic E-state index is 12.3. The Morgan fingerprint density at radius 3 is 2.54 bits per heavy atom. The third-order valence-corrected chi connectivity index (χ3v) is 4.38. The van der Waals surface area contributed by atoms with E-state index in [9.17, 15) is 14.7 Å². The van der Waals surface area contributed by atoms with Gasteiger partial charge in [0.15, 0.2) is 5.78 Å². The predicted molar refractivity (Wildman–Crippen MR) is 93.4 cm³/mol. The van der Waals surface area contributed by atoms with Crippen molar-refractivity contribution < 1.29 is 14.7 Å². The number of nitrogens with one attached hydrogen (secondary N) is 1. The van der Waals surface area contributed by atoms with Crippen molar-refractivity contribution in [3.63, 3.8) is 0 Å². The van der Waals surface area contributed by atoms with Crippen LogP contribution in [0, 0.1) is 0 Å². The highest BCUT2D eigenvalue weighted by atomic mass is 16.3. The summed E-state index contributed by atoms with van der Waals surface area (Å²) in [6.45, 7) is 0. The van der Waals surface area contributed by atoms with Crippen LogP contribution in [-0.4, -0.2) is 16.8 Å². The first-order valence-corrected chi connectivity index (χ1v) is 8.36. The van der Waals surface area contributed by atoms with Crippen LogP contribution in [0.4, 0.5) is 5.69 Å². The molecule has 4 heteroatoms. The molecule has 0 bridgehead atoms. The number of anilines is 1. The zero-order valence-corrected chi connectivity index (χ0v) is 13.5. The molecule has 0 spiro atoms. The molecule has 0 fully saturated rings. The number of benzene rings is 2. The molecule has 0 aliphatic heterocycles. The molecule has 1 aliphatic rings. The van der Waals surface area contributed by atoms with Gasteiger partial charge in [0.25, 0.3) is 0 Å². The molecule has 3 rings (SSSR count). The van der Waals surface area contributed by atoms with Gasteiger partial charge in [0.2, 0.25) is 5.91 Å². The molecule has 2 N–H and O–H groups in total. The summed E-state index contributed by atoms with van der Waals surface area (Å²) in [6, 6.07) is 12.3. The van der Waals surface area contributed by atoms with Crippen molar-refractivity contribution in [2.24, 2.45) is 0 Å². The fourth-order valence-electron chi connectivity index (χ4n) is 3.09. The highest BCUT2D eigenvalue weighted by molar-refractivity contribution is 6.00.